The summed E-state index contributed by atoms with van der Waals surface area (Å²) in [6.07, 6.45) is 3.38. The number of fused-ring (bicyclic) bond motifs is 1. The molecule has 0 fully saturated rings. The highest BCUT2D eigenvalue weighted by Crippen LogP contribution is 2.25. The number of hydrazine groups is 1. The highest BCUT2D eigenvalue weighted by atomic mass is 32.1. The number of hydrogen-bond acceptors (Lipinski definition) is 5. The molecule has 2 heterocycles. The van der Waals surface area contributed by atoms with Gasteiger partial charge in [-0.1, -0.05) is 36.4 Å². The Balaban J connectivity index is 1.25. The zero-order chi connectivity index (χ0) is 24.7. The molecule has 5 aromatic rings. The van der Waals surface area contributed by atoms with E-state index in [1.807, 2.05) is 91.0 Å². The van der Waals surface area contributed by atoms with Crippen molar-refractivity contribution in [1.82, 2.24) is 20.8 Å². The van der Waals surface area contributed by atoms with Crippen molar-refractivity contribution in [2.24, 2.45) is 0 Å². The van der Waals surface area contributed by atoms with E-state index in [4.69, 9.17) is 21.9 Å². The molecule has 1 amide bonds. The first kappa shape index (κ1) is 22.9. The zero-order valence-electron chi connectivity index (χ0n) is 19.0. The number of ether oxygens (including phenoxy) is 1. The number of nitrogens with one attached hydrogen (secondary N) is 3. The lowest BCUT2D eigenvalue weighted by atomic mass is 10.0. The van der Waals surface area contributed by atoms with Crippen molar-refractivity contribution in [3.05, 3.63) is 115 Å². The lowest BCUT2D eigenvalue weighted by Crippen LogP contribution is -2.43. The molecule has 8 heteroatoms. The molecule has 0 saturated carbocycles. The normalized spacial score (nSPS) is 10.4. The number of thiocarbonyl (C=S) groups is 1. The third kappa shape index (κ3) is 5.45. The molecule has 0 saturated heterocycles. The van der Waals surface area contributed by atoms with Gasteiger partial charge in [-0.3, -0.25) is 20.6 Å². The van der Waals surface area contributed by atoms with E-state index in [0.717, 1.165) is 27.9 Å². The molecule has 36 heavy (non-hydrogen) atoms. The summed E-state index contributed by atoms with van der Waals surface area (Å²) in [7, 11) is 0. The highest BCUT2D eigenvalue weighted by molar-refractivity contribution is 7.80. The molecule has 0 atom stereocenters. The molecule has 2 aromatic heterocycles. The molecule has 0 radical (unpaired) electrons. The molecule has 0 bridgehead atoms. The number of carbonyl (C=O) groups excluding carboxylic acids is 1. The predicted octanol–water partition coefficient (Wildman–Crippen LogP) is 5.72. The van der Waals surface area contributed by atoms with Crippen molar-refractivity contribution in [2.75, 3.05) is 5.32 Å². The van der Waals surface area contributed by atoms with Gasteiger partial charge in [0.1, 0.15) is 11.5 Å². The highest BCUT2D eigenvalue weighted by Gasteiger charge is 2.14. The van der Waals surface area contributed by atoms with Crippen molar-refractivity contribution >= 4 is 39.8 Å². The van der Waals surface area contributed by atoms with Crippen molar-refractivity contribution in [1.29, 1.82) is 0 Å². The second kappa shape index (κ2) is 10.6. The van der Waals surface area contributed by atoms with Gasteiger partial charge in [-0.25, -0.2) is 4.98 Å². The Morgan fingerprint density at radius 1 is 0.778 bits per heavy atom. The standard InChI is InChI=1S/C28H21N5O2S/c34-27(24-18-26(19-14-16-29-17-15-19)31-25-9-5-4-8-23(24)25)32-33-28(36)30-20-10-12-22(13-11-20)35-21-6-2-1-3-7-21/h1-18H,(H,32,34)(H2,30,33,36). The van der Waals surface area contributed by atoms with Gasteiger partial charge in [0.05, 0.1) is 16.8 Å². The third-order valence-corrected chi connectivity index (χ3v) is 5.52. The summed E-state index contributed by atoms with van der Waals surface area (Å²) in [4.78, 5) is 21.8. The lowest BCUT2D eigenvalue weighted by Gasteiger charge is -2.14. The summed E-state index contributed by atoms with van der Waals surface area (Å²) >= 11 is 5.35. The Bertz CT molecular complexity index is 1510. The van der Waals surface area contributed by atoms with Crippen LogP contribution in [0.2, 0.25) is 0 Å². The summed E-state index contributed by atoms with van der Waals surface area (Å²) in [6.45, 7) is 0. The average Bonchev–Trinajstić information content (AvgIpc) is 2.93. The van der Waals surface area contributed by atoms with Gasteiger partial charge in [-0.2, -0.15) is 0 Å². The Labute approximate surface area is 213 Å². The van der Waals surface area contributed by atoms with Crippen molar-refractivity contribution in [3.8, 4) is 22.8 Å². The molecule has 0 aliphatic rings. The first-order valence-electron chi connectivity index (χ1n) is 11.2. The quantitative estimate of drug-likeness (QED) is 0.214. The van der Waals surface area contributed by atoms with Crippen molar-refractivity contribution in [3.63, 3.8) is 0 Å². The van der Waals surface area contributed by atoms with Crippen molar-refractivity contribution in [2.45, 2.75) is 0 Å². The van der Waals surface area contributed by atoms with Crippen LogP contribution in [0, 0.1) is 0 Å². The van der Waals surface area contributed by atoms with Gasteiger partial charge in [-0.15, -0.1) is 0 Å². The van der Waals surface area contributed by atoms with E-state index >= 15 is 0 Å². The smallest absolute Gasteiger partial charge is 0.270 e. The average molecular weight is 492 g/mol. The SMILES string of the molecule is O=C(NNC(=S)Nc1ccc(Oc2ccccc2)cc1)c1cc(-c2ccncc2)nc2ccccc12. The van der Waals surface area contributed by atoms with Gasteiger partial charge >= 0.3 is 0 Å². The Kier molecular flexibility index (Phi) is 6.77. The Hall–Kier alpha value is -4.82. The Morgan fingerprint density at radius 2 is 1.47 bits per heavy atom. The molecular weight excluding hydrogens is 470 g/mol. The van der Waals surface area contributed by atoms with Gasteiger partial charge in [-0.05, 0) is 72.9 Å². The molecule has 5 rings (SSSR count). The van der Waals surface area contributed by atoms with Crippen LogP contribution in [0.15, 0.2) is 109 Å². The number of carbonyl (C=O) groups is 1. The van der Waals surface area contributed by atoms with E-state index < -0.39 is 0 Å². The molecule has 7 nitrogen and oxygen atoms in total. The number of benzene rings is 3. The zero-order valence-corrected chi connectivity index (χ0v) is 19.8. The van der Waals surface area contributed by atoms with Crippen LogP contribution >= 0.6 is 12.2 Å². The fraction of sp³-hybridized carbons (Fsp3) is 0. The van der Waals surface area contributed by atoms with Gasteiger partial charge < -0.3 is 10.1 Å². The first-order valence-corrected chi connectivity index (χ1v) is 11.6. The predicted molar refractivity (Wildman–Crippen MR) is 145 cm³/mol. The number of para-hydroxylation sites is 2. The summed E-state index contributed by atoms with van der Waals surface area (Å²) in [6, 6.07) is 29.9. The maximum absolute atomic E-state index is 13.1. The molecular formula is C28H21N5O2S. The van der Waals surface area contributed by atoms with Crippen LogP contribution in [0.5, 0.6) is 11.5 Å². The first-order chi connectivity index (χ1) is 17.7. The number of amides is 1. The molecule has 0 spiro atoms. The topological polar surface area (TPSA) is 88.2 Å². The van der Waals surface area contributed by atoms with Gasteiger partial charge in [0.2, 0.25) is 0 Å². The summed E-state index contributed by atoms with van der Waals surface area (Å²) in [5.74, 6) is 1.13. The third-order valence-electron chi connectivity index (χ3n) is 5.32. The molecule has 3 aromatic carbocycles. The maximum Gasteiger partial charge on any atom is 0.270 e. The van der Waals surface area contributed by atoms with E-state index in [-0.39, 0.29) is 11.0 Å². The van der Waals surface area contributed by atoms with Gasteiger partial charge in [0.15, 0.2) is 5.11 Å². The minimum Gasteiger partial charge on any atom is -0.457 e. The summed E-state index contributed by atoms with van der Waals surface area (Å²) in [5, 5.41) is 4.03. The molecule has 0 unspecified atom stereocenters. The number of hydrogen-bond donors (Lipinski definition) is 3. The summed E-state index contributed by atoms with van der Waals surface area (Å²) in [5.41, 5.74) is 8.94. The number of pyridine rings is 2. The number of aromatic nitrogens is 2. The fourth-order valence-electron chi connectivity index (χ4n) is 3.61. The largest absolute Gasteiger partial charge is 0.457 e. The molecule has 0 aliphatic carbocycles. The maximum atomic E-state index is 13.1. The molecule has 176 valence electrons. The van der Waals surface area contributed by atoms with Crippen LogP contribution in [0.3, 0.4) is 0 Å². The number of nitrogens with zero attached hydrogens (tertiary/aromatic N) is 2. The van der Waals surface area contributed by atoms with Crippen LogP contribution in [-0.2, 0) is 0 Å². The van der Waals surface area contributed by atoms with Crippen LogP contribution in [-0.4, -0.2) is 21.0 Å². The van der Waals surface area contributed by atoms with Crippen LogP contribution in [0.1, 0.15) is 10.4 Å². The monoisotopic (exact) mass is 491 g/mol. The second-order valence-corrected chi connectivity index (χ2v) is 8.19. The van der Waals surface area contributed by atoms with Crippen LogP contribution in [0.4, 0.5) is 5.69 Å². The van der Waals surface area contributed by atoms with E-state index in [1.54, 1.807) is 18.5 Å². The van der Waals surface area contributed by atoms with Crippen molar-refractivity contribution < 1.29 is 9.53 Å². The van der Waals surface area contributed by atoms with E-state index in [1.165, 1.54) is 0 Å². The molecule has 3 N–H and O–H groups in total. The lowest BCUT2D eigenvalue weighted by molar-refractivity contribution is 0.0946. The van der Waals surface area contributed by atoms with Crippen LogP contribution < -0.4 is 20.9 Å². The fourth-order valence-corrected chi connectivity index (χ4v) is 3.78. The van der Waals surface area contributed by atoms with E-state index in [0.29, 0.717) is 17.0 Å². The van der Waals surface area contributed by atoms with Crippen LogP contribution in [0.25, 0.3) is 22.2 Å². The van der Waals surface area contributed by atoms with E-state index in [2.05, 4.69) is 21.2 Å². The minimum absolute atomic E-state index is 0.243. The van der Waals surface area contributed by atoms with Gasteiger partial charge in [0, 0.05) is 29.0 Å². The molecule has 0 aliphatic heterocycles. The Morgan fingerprint density at radius 3 is 2.25 bits per heavy atom. The van der Waals surface area contributed by atoms with Gasteiger partial charge in [0.25, 0.3) is 5.91 Å². The second-order valence-electron chi connectivity index (χ2n) is 7.78. The minimum atomic E-state index is -0.334. The summed E-state index contributed by atoms with van der Waals surface area (Å²) < 4.78 is 5.80. The number of rotatable bonds is 5. The number of anilines is 1. The van der Waals surface area contributed by atoms with E-state index in [9.17, 15) is 4.79 Å².